The van der Waals surface area contributed by atoms with Crippen LogP contribution in [-0.4, -0.2) is 15.5 Å². The van der Waals surface area contributed by atoms with Crippen LogP contribution in [0.25, 0.3) is 17.3 Å². The average molecular weight is 281 g/mol. The van der Waals surface area contributed by atoms with Crippen molar-refractivity contribution in [1.82, 2.24) is 14.9 Å². The van der Waals surface area contributed by atoms with Gasteiger partial charge < -0.3 is 9.88 Å². The normalized spacial score (nSPS) is 10.8. The van der Waals surface area contributed by atoms with Crippen LogP contribution in [0.2, 0.25) is 0 Å². The zero-order valence-electron chi connectivity index (χ0n) is 12.3. The first kappa shape index (κ1) is 14.8. The number of nitrogens with one attached hydrogen (secondary N) is 1. The molecule has 2 aromatic heterocycles. The predicted octanol–water partition coefficient (Wildman–Crippen LogP) is 3.23. The van der Waals surface area contributed by atoms with E-state index in [1.807, 2.05) is 30.5 Å². The lowest BCUT2D eigenvalue weighted by Gasteiger charge is -2.09. The summed E-state index contributed by atoms with van der Waals surface area (Å²) in [6, 6.07) is 8.08. The first-order chi connectivity index (χ1) is 10.1. The molecule has 1 N–H and O–H groups in total. The molecule has 0 spiro atoms. The van der Waals surface area contributed by atoms with Gasteiger partial charge >= 0.3 is 0 Å². The van der Waals surface area contributed by atoms with Crippen LogP contribution < -0.4 is 5.32 Å². The SMILES string of the molecule is C=C(/C=C\c1ccc(-c2cccnc2)n1CC)NC(C)=O. The highest BCUT2D eigenvalue weighted by molar-refractivity contribution is 5.76. The molecule has 0 unspecified atom stereocenters. The molecule has 21 heavy (non-hydrogen) atoms. The van der Waals surface area contributed by atoms with Crippen LogP contribution in [0.4, 0.5) is 0 Å². The van der Waals surface area contributed by atoms with E-state index in [0.717, 1.165) is 23.5 Å². The van der Waals surface area contributed by atoms with Gasteiger partial charge in [0.2, 0.25) is 5.91 Å². The lowest BCUT2D eigenvalue weighted by atomic mass is 10.2. The number of rotatable bonds is 5. The zero-order valence-corrected chi connectivity index (χ0v) is 12.3. The van der Waals surface area contributed by atoms with E-state index >= 15 is 0 Å². The van der Waals surface area contributed by atoms with Crippen molar-refractivity contribution < 1.29 is 4.79 Å². The molecule has 2 rings (SSSR count). The molecular formula is C17H19N3O. The number of allylic oxidation sites excluding steroid dienone is 1. The van der Waals surface area contributed by atoms with Gasteiger partial charge in [-0.1, -0.05) is 6.58 Å². The van der Waals surface area contributed by atoms with Gasteiger partial charge in [-0.25, -0.2) is 0 Å². The second kappa shape index (κ2) is 6.70. The maximum absolute atomic E-state index is 11.0. The van der Waals surface area contributed by atoms with Crippen LogP contribution in [-0.2, 0) is 11.3 Å². The summed E-state index contributed by atoms with van der Waals surface area (Å²) < 4.78 is 2.19. The number of nitrogens with zero attached hydrogens (tertiary/aromatic N) is 2. The molecular weight excluding hydrogens is 262 g/mol. The van der Waals surface area contributed by atoms with Crippen molar-refractivity contribution in [3.8, 4) is 11.3 Å². The molecule has 2 aromatic rings. The van der Waals surface area contributed by atoms with E-state index in [4.69, 9.17) is 0 Å². The van der Waals surface area contributed by atoms with Gasteiger partial charge in [-0.05, 0) is 43.3 Å². The number of hydrogen-bond donors (Lipinski definition) is 1. The Morgan fingerprint density at radius 3 is 2.86 bits per heavy atom. The molecule has 4 nitrogen and oxygen atoms in total. The van der Waals surface area contributed by atoms with Crippen LogP contribution in [0.15, 0.2) is 55.0 Å². The van der Waals surface area contributed by atoms with Gasteiger partial charge in [-0.3, -0.25) is 9.78 Å². The molecule has 0 aromatic carbocycles. The van der Waals surface area contributed by atoms with Gasteiger partial charge in [0.15, 0.2) is 0 Å². The molecule has 108 valence electrons. The van der Waals surface area contributed by atoms with Crippen LogP contribution in [0, 0.1) is 0 Å². The van der Waals surface area contributed by atoms with Gasteiger partial charge in [0.1, 0.15) is 0 Å². The number of carbonyl (C=O) groups excluding carboxylic acids is 1. The van der Waals surface area contributed by atoms with Gasteiger partial charge in [0, 0.05) is 42.8 Å². The van der Waals surface area contributed by atoms with E-state index in [2.05, 4.69) is 34.4 Å². The molecule has 0 atom stereocenters. The third-order valence-electron chi connectivity index (χ3n) is 3.08. The molecule has 0 saturated carbocycles. The summed E-state index contributed by atoms with van der Waals surface area (Å²) in [5, 5.41) is 2.65. The summed E-state index contributed by atoms with van der Waals surface area (Å²) in [5.41, 5.74) is 3.84. The van der Waals surface area contributed by atoms with Crippen molar-refractivity contribution in [3.63, 3.8) is 0 Å². The van der Waals surface area contributed by atoms with Crippen molar-refractivity contribution in [3.05, 3.63) is 60.7 Å². The van der Waals surface area contributed by atoms with E-state index in [0.29, 0.717) is 5.70 Å². The second-order valence-electron chi connectivity index (χ2n) is 4.67. The standard InChI is InChI=1S/C17H19N3O/c1-4-20-16(8-7-13(2)19-14(3)21)9-10-17(20)15-6-5-11-18-12-15/h5-12H,2,4H2,1,3H3,(H,19,21)/b8-7-. The van der Waals surface area contributed by atoms with Gasteiger partial charge in [0.05, 0.1) is 5.69 Å². The molecule has 0 radical (unpaired) electrons. The minimum Gasteiger partial charge on any atom is -0.341 e. The summed E-state index contributed by atoms with van der Waals surface area (Å²) in [6.07, 6.45) is 7.36. The predicted molar refractivity (Wildman–Crippen MR) is 85.3 cm³/mol. The largest absolute Gasteiger partial charge is 0.341 e. The fourth-order valence-corrected chi connectivity index (χ4v) is 2.20. The number of amides is 1. The average Bonchev–Trinajstić information content (AvgIpc) is 2.88. The van der Waals surface area contributed by atoms with Gasteiger partial charge in [-0.2, -0.15) is 0 Å². The Bertz CT molecular complexity index is 669. The van der Waals surface area contributed by atoms with Crippen LogP contribution in [0.5, 0.6) is 0 Å². The van der Waals surface area contributed by atoms with Crippen molar-refractivity contribution >= 4 is 12.0 Å². The first-order valence-electron chi connectivity index (χ1n) is 6.86. The van der Waals surface area contributed by atoms with Crippen molar-refractivity contribution in [2.24, 2.45) is 0 Å². The van der Waals surface area contributed by atoms with Crippen molar-refractivity contribution in [2.75, 3.05) is 0 Å². The van der Waals surface area contributed by atoms with Gasteiger partial charge in [0.25, 0.3) is 0 Å². The Morgan fingerprint density at radius 2 is 2.24 bits per heavy atom. The number of carbonyl (C=O) groups is 1. The van der Waals surface area contributed by atoms with E-state index in [1.165, 1.54) is 6.92 Å². The van der Waals surface area contributed by atoms with Crippen LogP contribution in [0.1, 0.15) is 19.5 Å². The summed E-state index contributed by atoms with van der Waals surface area (Å²) in [5.74, 6) is -0.119. The van der Waals surface area contributed by atoms with Gasteiger partial charge in [-0.15, -0.1) is 0 Å². The molecule has 0 aliphatic rings. The highest BCUT2D eigenvalue weighted by Gasteiger charge is 2.06. The number of hydrogen-bond acceptors (Lipinski definition) is 2. The van der Waals surface area contributed by atoms with Crippen LogP contribution in [0.3, 0.4) is 0 Å². The number of pyridine rings is 1. The summed E-state index contributed by atoms with van der Waals surface area (Å²) >= 11 is 0. The molecule has 0 saturated heterocycles. The van der Waals surface area contributed by atoms with E-state index < -0.39 is 0 Å². The molecule has 0 aliphatic heterocycles. The lowest BCUT2D eigenvalue weighted by Crippen LogP contribution is -2.16. The molecule has 2 heterocycles. The number of aromatic nitrogens is 2. The third-order valence-corrected chi connectivity index (χ3v) is 3.08. The van der Waals surface area contributed by atoms with E-state index in [-0.39, 0.29) is 5.91 Å². The van der Waals surface area contributed by atoms with E-state index in [1.54, 1.807) is 12.3 Å². The van der Waals surface area contributed by atoms with E-state index in [9.17, 15) is 4.79 Å². The van der Waals surface area contributed by atoms with Crippen LogP contribution >= 0.6 is 0 Å². The fraction of sp³-hybridized carbons (Fsp3) is 0.176. The van der Waals surface area contributed by atoms with Crippen molar-refractivity contribution in [1.29, 1.82) is 0 Å². The fourth-order valence-electron chi connectivity index (χ4n) is 2.20. The van der Waals surface area contributed by atoms with Crippen molar-refractivity contribution in [2.45, 2.75) is 20.4 Å². The molecule has 0 fully saturated rings. The smallest absolute Gasteiger partial charge is 0.221 e. The molecule has 1 amide bonds. The summed E-state index contributed by atoms with van der Waals surface area (Å²) in [6.45, 7) is 8.21. The Balaban J connectivity index is 2.26. The zero-order chi connectivity index (χ0) is 15.2. The topological polar surface area (TPSA) is 46.9 Å². The molecule has 0 aliphatic carbocycles. The Labute approximate surface area is 124 Å². The highest BCUT2D eigenvalue weighted by Crippen LogP contribution is 2.22. The lowest BCUT2D eigenvalue weighted by molar-refractivity contribution is -0.118. The Kier molecular flexibility index (Phi) is 4.72. The first-order valence-corrected chi connectivity index (χ1v) is 6.86. The highest BCUT2D eigenvalue weighted by atomic mass is 16.1. The Morgan fingerprint density at radius 1 is 1.43 bits per heavy atom. The second-order valence-corrected chi connectivity index (χ2v) is 4.67. The molecule has 0 bridgehead atoms. The third kappa shape index (κ3) is 3.69. The Hall–Kier alpha value is -2.62. The minimum absolute atomic E-state index is 0.119. The monoisotopic (exact) mass is 281 g/mol. The molecule has 4 heteroatoms. The maximum Gasteiger partial charge on any atom is 0.221 e. The quantitative estimate of drug-likeness (QED) is 0.855. The summed E-state index contributed by atoms with van der Waals surface area (Å²) in [7, 11) is 0. The minimum atomic E-state index is -0.119. The summed E-state index contributed by atoms with van der Waals surface area (Å²) in [4.78, 5) is 15.1. The maximum atomic E-state index is 11.0.